The van der Waals surface area contributed by atoms with Crippen LogP contribution in [0.5, 0.6) is 0 Å². The Labute approximate surface area is 100 Å². The molecule has 1 aliphatic rings. The van der Waals surface area contributed by atoms with Crippen molar-refractivity contribution in [3.63, 3.8) is 0 Å². The Balaban J connectivity index is 2.15. The third kappa shape index (κ3) is 1.60. The van der Waals surface area contributed by atoms with Crippen LogP contribution < -0.4 is 5.73 Å². The second-order valence-electron chi connectivity index (χ2n) is 4.82. The van der Waals surface area contributed by atoms with Gasteiger partial charge in [-0.05, 0) is 30.0 Å². The molecule has 0 saturated heterocycles. The maximum absolute atomic E-state index is 6.13. The zero-order valence-electron chi connectivity index (χ0n) is 10.1. The number of hydrogen-bond acceptors (Lipinski definition) is 3. The van der Waals surface area contributed by atoms with Gasteiger partial charge in [-0.15, -0.1) is 0 Å². The smallest absolute Gasteiger partial charge is 0.129 e. The van der Waals surface area contributed by atoms with Gasteiger partial charge in [-0.1, -0.05) is 6.92 Å². The van der Waals surface area contributed by atoms with Gasteiger partial charge in [0.05, 0.1) is 5.69 Å². The van der Waals surface area contributed by atoms with Gasteiger partial charge in [0.15, 0.2) is 0 Å². The van der Waals surface area contributed by atoms with Crippen LogP contribution in [0.2, 0.25) is 0 Å². The van der Waals surface area contributed by atoms with Crippen molar-refractivity contribution >= 4 is 5.82 Å². The molecule has 0 spiro atoms. The van der Waals surface area contributed by atoms with Crippen LogP contribution >= 0.6 is 0 Å². The molecular formula is C13H16N4. The molecule has 2 unspecified atom stereocenters. The first-order valence-electron chi connectivity index (χ1n) is 5.91. The molecule has 0 bridgehead atoms. The molecule has 0 aromatic carbocycles. The highest BCUT2D eigenvalue weighted by Gasteiger charge is 2.38. The Morgan fingerprint density at radius 1 is 1.35 bits per heavy atom. The Kier molecular flexibility index (Phi) is 2.18. The van der Waals surface area contributed by atoms with E-state index in [-0.39, 0.29) is 0 Å². The zero-order chi connectivity index (χ0) is 12.0. The van der Waals surface area contributed by atoms with Crippen LogP contribution in [-0.2, 0) is 7.05 Å². The largest absolute Gasteiger partial charge is 0.383 e. The van der Waals surface area contributed by atoms with Crippen molar-refractivity contribution in [3.8, 4) is 11.1 Å². The van der Waals surface area contributed by atoms with E-state index in [0.717, 1.165) is 28.6 Å². The van der Waals surface area contributed by atoms with Gasteiger partial charge in [0.25, 0.3) is 0 Å². The Morgan fingerprint density at radius 2 is 2.00 bits per heavy atom. The highest BCUT2D eigenvalue weighted by molar-refractivity contribution is 5.77. The third-order valence-electron chi connectivity index (χ3n) is 3.55. The van der Waals surface area contributed by atoms with E-state index in [1.54, 1.807) is 17.1 Å². The summed E-state index contributed by atoms with van der Waals surface area (Å²) >= 11 is 0. The van der Waals surface area contributed by atoms with Crippen LogP contribution in [0.4, 0.5) is 5.82 Å². The monoisotopic (exact) mass is 228 g/mol. The molecule has 17 heavy (non-hydrogen) atoms. The van der Waals surface area contributed by atoms with E-state index in [1.807, 2.05) is 19.2 Å². The normalized spacial score (nSPS) is 22.7. The molecule has 2 aromatic rings. The molecule has 4 nitrogen and oxygen atoms in total. The summed E-state index contributed by atoms with van der Waals surface area (Å²) in [7, 11) is 1.90. The summed E-state index contributed by atoms with van der Waals surface area (Å²) in [4.78, 5) is 4.04. The van der Waals surface area contributed by atoms with Crippen molar-refractivity contribution in [2.24, 2.45) is 13.0 Å². The number of nitrogens with zero attached hydrogens (tertiary/aromatic N) is 3. The Hall–Kier alpha value is -1.84. The Bertz CT molecular complexity index is 544. The lowest BCUT2D eigenvalue weighted by Crippen LogP contribution is -1.98. The summed E-state index contributed by atoms with van der Waals surface area (Å²) in [5, 5.41) is 4.57. The molecule has 1 fully saturated rings. The molecule has 2 N–H and O–H groups in total. The fourth-order valence-electron chi connectivity index (χ4n) is 2.34. The molecule has 0 aliphatic heterocycles. The first-order valence-corrected chi connectivity index (χ1v) is 5.91. The number of pyridine rings is 1. The zero-order valence-corrected chi connectivity index (χ0v) is 10.1. The number of anilines is 1. The van der Waals surface area contributed by atoms with Gasteiger partial charge in [-0.2, -0.15) is 5.10 Å². The lowest BCUT2D eigenvalue weighted by atomic mass is 10.0. The Morgan fingerprint density at radius 3 is 2.59 bits per heavy atom. The van der Waals surface area contributed by atoms with Crippen LogP contribution in [-0.4, -0.2) is 14.8 Å². The summed E-state index contributed by atoms with van der Waals surface area (Å²) in [5.41, 5.74) is 9.47. The number of aromatic nitrogens is 3. The van der Waals surface area contributed by atoms with E-state index in [4.69, 9.17) is 5.73 Å². The van der Waals surface area contributed by atoms with E-state index in [2.05, 4.69) is 17.0 Å². The summed E-state index contributed by atoms with van der Waals surface area (Å²) in [6.45, 7) is 2.26. The maximum atomic E-state index is 6.13. The van der Waals surface area contributed by atoms with Crippen molar-refractivity contribution in [1.29, 1.82) is 0 Å². The topological polar surface area (TPSA) is 56.7 Å². The van der Waals surface area contributed by atoms with Gasteiger partial charge in [0.1, 0.15) is 5.82 Å². The number of hydrogen-bond donors (Lipinski definition) is 1. The minimum absolute atomic E-state index is 0.571. The quantitative estimate of drug-likeness (QED) is 0.857. The lowest BCUT2D eigenvalue weighted by Gasteiger charge is -2.02. The van der Waals surface area contributed by atoms with Crippen molar-refractivity contribution in [2.75, 3.05) is 5.73 Å². The molecule has 1 aliphatic carbocycles. The van der Waals surface area contributed by atoms with Crippen molar-refractivity contribution < 1.29 is 0 Å². The second kappa shape index (κ2) is 3.58. The molecular weight excluding hydrogens is 212 g/mol. The molecule has 0 amide bonds. The molecule has 88 valence electrons. The maximum Gasteiger partial charge on any atom is 0.129 e. The van der Waals surface area contributed by atoms with Gasteiger partial charge in [0.2, 0.25) is 0 Å². The van der Waals surface area contributed by atoms with E-state index < -0.39 is 0 Å². The first kappa shape index (κ1) is 10.3. The van der Waals surface area contributed by atoms with Gasteiger partial charge < -0.3 is 5.73 Å². The molecule has 3 rings (SSSR count). The highest BCUT2D eigenvalue weighted by atomic mass is 15.3. The number of rotatable bonds is 2. The van der Waals surface area contributed by atoms with Crippen molar-refractivity contribution in [2.45, 2.75) is 19.3 Å². The predicted octanol–water partition coefficient (Wildman–Crippen LogP) is 2.19. The second-order valence-corrected chi connectivity index (χ2v) is 4.82. The molecule has 2 heterocycles. The SMILES string of the molecule is CC1CC1c1nn(C)c(N)c1-c1ccncc1. The van der Waals surface area contributed by atoms with Crippen molar-refractivity contribution in [3.05, 3.63) is 30.2 Å². The van der Waals surface area contributed by atoms with Gasteiger partial charge in [-0.25, -0.2) is 0 Å². The van der Waals surface area contributed by atoms with E-state index >= 15 is 0 Å². The van der Waals surface area contributed by atoms with Crippen LogP contribution in [0.15, 0.2) is 24.5 Å². The van der Waals surface area contributed by atoms with E-state index in [0.29, 0.717) is 5.92 Å². The fourth-order valence-corrected chi connectivity index (χ4v) is 2.34. The number of aryl methyl sites for hydroxylation is 1. The number of nitrogen functional groups attached to an aromatic ring is 1. The average molecular weight is 228 g/mol. The fraction of sp³-hybridized carbons (Fsp3) is 0.385. The summed E-state index contributed by atoms with van der Waals surface area (Å²) in [6, 6.07) is 3.98. The van der Waals surface area contributed by atoms with Gasteiger partial charge >= 0.3 is 0 Å². The van der Waals surface area contributed by atoms with E-state index in [1.165, 1.54) is 6.42 Å². The van der Waals surface area contributed by atoms with Crippen LogP contribution in [0, 0.1) is 5.92 Å². The highest BCUT2D eigenvalue weighted by Crippen LogP contribution is 2.50. The molecule has 1 saturated carbocycles. The van der Waals surface area contributed by atoms with Crippen LogP contribution in [0.3, 0.4) is 0 Å². The molecule has 2 aromatic heterocycles. The summed E-state index contributed by atoms with van der Waals surface area (Å²) < 4.78 is 1.77. The van der Waals surface area contributed by atoms with Gasteiger partial charge in [-0.3, -0.25) is 9.67 Å². The van der Waals surface area contributed by atoms with E-state index in [9.17, 15) is 0 Å². The van der Waals surface area contributed by atoms with Gasteiger partial charge in [0, 0.05) is 30.9 Å². The average Bonchev–Trinajstić information content (AvgIpc) is 2.98. The third-order valence-corrected chi connectivity index (χ3v) is 3.55. The molecule has 2 atom stereocenters. The first-order chi connectivity index (χ1) is 8.18. The minimum Gasteiger partial charge on any atom is -0.383 e. The van der Waals surface area contributed by atoms with Crippen molar-refractivity contribution in [1.82, 2.24) is 14.8 Å². The van der Waals surface area contributed by atoms with Crippen LogP contribution in [0.1, 0.15) is 25.0 Å². The van der Waals surface area contributed by atoms with Crippen LogP contribution in [0.25, 0.3) is 11.1 Å². The minimum atomic E-state index is 0.571. The standard InChI is InChI=1S/C13H16N4/c1-8-7-10(8)12-11(13(14)17(2)16-12)9-3-5-15-6-4-9/h3-6,8,10H,7,14H2,1-2H3. The summed E-state index contributed by atoms with van der Waals surface area (Å²) in [6.07, 6.45) is 4.80. The number of nitrogens with two attached hydrogens (primary N) is 1. The predicted molar refractivity (Wildman–Crippen MR) is 67.4 cm³/mol. The molecule has 0 radical (unpaired) electrons. The summed E-state index contributed by atoms with van der Waals surface area (Å²) in [5.74, 6) is 2.04. The molecule has 4 heteroatoms. The lowest BCUT2D eigenvalue weighted by molar-refractivity contribution is 0.743.